The van der Waals surface area contributed by atoms with Crippen LogP contribution in [-0.2, 0) is 21.3 Å². The molecular formula is C14H23FN2O3S. The van der Waals surface area contributed by atoms with E-state index in [4.69, 9.17) is 4.74 Å². The summed E-state index contributed by atoms with van der Waals surface area (Å²) in [7, 11) is -2.16. The topological polar surface area (TPSA) is 67.4 Å². The quantitative estimate of drug-likeness (QED) is 0.678. The van der Waals surface area contributed by atoms with Gasteiger partial charge in [0.05, 0.1) is 11.5 Å². The van der Waals surface area contributed by atoms with E-state index in [-0.39, 0.29) is 23.9 Å². The summed E-state index contributed by atoms with van der Waals surface area (Å²) >= 11 is 0. The highest BCUT2D eigenvalue weighted by atomic mass is 32.2. The third-order valence-electron chi connectivity index (χ3n) is 2.95. The van der Waals surface area contributed by atoms with Crippen molar-refractivity contribution in [2.75, 3.05) is 26.8 Å². The van der Waals surface area contributed by atoms with Gasteiger partial charge in [0.2, 0.25) is 10.0 Å². The van der Waals surface area contributed by atoms with Gasteiger partial charge in [0, 0.05) is 25.8 Å². The van der Waals surface area contributed by atoms with E-state index < -0.39 is 10.0 Å². The van der Waals surface area contributed by atoms with Crippen LogP contribution in [-0.4, -0.2) is 35.2 Å². The van der Waals surface area contributed by atoms with Crippen LogP contribution >= 0.6 is 0 Å². The van der Waals surface area contributed by atoms with Gasteiger partial charge in [-0.15, -0.1) is 0 Å². The second kappa shape index (κ2) is 8.43. The number of aryl methyl sites for hydroxylation is 1. The minimum absolute atomic E-state index is 0.0748. The third kappa shape index (κ3) is 5.35. The van der Waals surface area contributed by atoms with Crippen LogP contribution in [0.5, 0.6) is 0 Å². The second-order valence-corrected chi connectivity index (χ2v) is 6.55. The Kier molecular flexibility index (Phi) is 7.24. The van der Waals surface area contributed by atoms with Gasteiger partial charge in [-0.2, -0.15) is 0 Å². The van der Waals surface area contributed by atoms with Gasteiger partial charge in [0.15, 0.2) is 0 Å². The van der Waals surface area contributed by atoms with Crippen LogP contribution in [0.15, 0.2) is 17.0 Å². The van der Waals surface area contributed by atoms with E-state index in [1.165, 1.54) is 19.2 Å². The molecule has 0 spiro atoms. The number of ether oxygens (including phenoxy) is 1. The first-order valence-electron chi connectivity index (χ1n) is 6.90. The summed E-state index contributed by atoms with van der Waals surface area (Å²) in [6.07, 6.45) is 0.928. The summed E-state index contributed by atoms with van der Waals surface area (Å²) in [6.45, 7) is 5.09. The third-order valence-corrected chi connectivity index (χ3v) is 4.39. The van der Waals surface area contributed by atoms with Crippen molar-refractivity contribution in [2.45, 2.75) is 31.7 Å². The van der Waals surface area contributed by atoms with Crippen molar-refractivity contribution in [3.05, 3.63) is 29.1 Å². The van der Waals surface area contributed by atoms with E-state index in [1.54, 1.807) is 6.92 Å². The summed E-state index contributed by atoms with van der Waals surface area (Å²) in [5, 5.41) is 3.08. The molecule has 5 nitrogen and oxygen atoms in total. The fourth-order valence-electron chi connectivity index (χ4n) is 1.85. The van der Waals surface area contributed by atoms with Crippen molar-refractivity contribution in [3.63, 3.8) is 0 Å². The molecule has 0 aromatic heterocycles. The lowest BCUT2D eigenvalue weighted by Gasteiger charge is -2.12. The second-order valence-electron chi connectivity index (χ2n) is 4.78. The minimum Gasteiger partial charge on any atom is -0.383 e. The Labute approximate surface area is 125 Å². The standard InChI is InChI=1S/C14H23FN2O3S/c1-4-5-16-10-12-9-13(8-11(2)14(12)15)21(18,19)17-6-7-20-3/h8-9,16-17H,4-7,10H2,1-3H3. The van der Waals surface area contributed by atoms with Gasteiger partial charge in [-0.05, 0) is 37.6 Å². The Balaban J connectivity index is 2.97. The highest BCUT2D eigenvalue weighted by Gasteiger charge is 2.17. The molecule has 0 amide bonds. The van der Waals surface area contributed by atoms with E-state index in [0.717, 1.165) is 13.0 Å². The fraction of sp³-hybridized carbons (Fsp3) is 0.571. The average Bonchev–Trinajstić information content (AvgIpc) is 2.43. The number of benzene rings is 1. The lowest BCUT2D eigenvalue weighted by molar-refractivity contribution is 0.204. The molecule has 0 unspecified atom stereocenters. The van der Waals surface area contributed by atoms with Crippen LogP contribution in [0.25, 0.3) is 0 Å². The molecule has 1 rings (SSSR count). The Morgan fingerprint density at radius 1 is 1.29 bits per heavy atom. The van der Waals surface area contributed by atoms with Gasteiger partial charge >= 0.3 is 0 Å². The molecule has 2 N–H and O–H groups in total. The molecule has 0 saturated carbocycles. The molecule has 0 radical (unpaired) electrons. The predicted octanol–water partition coefficient (Wildman–Crippen LogP) is 1.56. The van der Waals surface area contributed by atoms with E-state index in [2.05, 4.69) is 10.0 Å². The maximum atomic E-state index is 14.0. The highest BCUT2D eigenvalue weighted by Crippen LogP contribution is 2.19. The van der Waals surface area contributed by atoms with Crippen molar-refractivity contribution in [2.24, 2.45) is 0 Å². The van der Waals surface area contributed by atoms with Crippen LogP contribution in [0.1, 0.15) is 24.5 Å². The largest absolute Gasteiger partial charge is 0.383 e. The smallest absolute Gasteiger partial charge is 0.240 e. The molecule has 0 fully saturated rings. The van der Waals surface area contributed by atoms with Crippen LogP contribution < -0.4 is 10.0 Å². The van der Waals surface area contributed by atoms with E-state index in [0.29, 0.717) is 17.7 Å². The number of sulfonamides is 1. The number of halogens is 1. The Hall–Kier alpha value is -1.02. The Morgan fingerprint density at radius 3 is 2.62 bits per heavy atom. The van der Waals surface area contributed by atoms with Gasteiger partial charge in [-0.1, -0.05) is 6.92 Å². The number of hydrogen-bond donors (Lipinski definition) is 2. The zero-order valence-electron chi connectivity index (χ0n) is 12.7. The number of nitrogens with one attached hydrogen (secondary N) is 2. The van der Waals surface area contributed by atoms with Gasteiger partial charge in [0.1, 0.15) is 5.82 Å². The van der Waals surface area contributed by atoms with Crippen molar-refractivity contribution >= 4 is 10.0 Å². The molecule has 0 heterocycles. The molecule has 0 aliphatic heterocycles. The molecule has 1 aromatic rings. The van der Waals surface area contributed by atoms with Crippen LogP contribution in [0.3, 0.4) is 0 Å². The van der Waals surface area contributed by atoms with Crippen molar-refractivity contribution in [3.8, 4) is 0 Å². The summed E-state index contributed by atoms with van der Waals surface area (Å²) < 4.78 is 45.5. The lowest BCUT2D eigenvalue weighted by atomic mass is 10.1. The number of rotatable bonds is 9. The number of hydrogen-bond acceptors (Lipinski definition) is 4. The molecule has 0 aliphatic carbocycles. The van der Waals surface area contributed by atoms with Gasteiger partial charge in [-0.3, -0.25) is 0 Å². The SMILES string of the molecule is CCCNCc1cc(S(=O)(=O)NCCOC)cc(C)c1F. The molecule has 0 bridgehead atoms. The van der Waals surface area contributed by atoms with Crippen LogP contribution in [0.2, 0.25) is 0 Å². The Bertz CT molecular complexity index is 562. The molecule has 120 valence electrons. The first-order chi connectivity index (χ1) is 9.92. The summed E-state index contributed by atoms with van der Waals surface area (Å²) in [4.78, 5) is 0.0748. The predicted molar refractivity (Wildman–Crippen MR) is 80.2 cm³/mol. The zero-order chi connectivity index (χ0) is 15.9. The summed E-state index contributed by atoms with van der Waals surface area (Å²) in [5.74, 6) is -0.366. The molecule has 1 aromatic carbocycles. The molecule has 0 atom stereocenters. The zero-order valence-corrected chi connectivity index (χ0v) is 13.5. The molecule has 0 aliphatic rings. The lowest BCUT2D eigenvalue weighted by Crippen LogP contribution is -2.27. The van der Waals surface area contributed by atoms with E-state index in [9.17, 15) is 12.8 Å². The minimum atomic E-state index is -3.65. The molecule has 21 heavy (non-hydrogen) atoms. The van der Waals surface area contributed by atoms with Crippen molar-refractivity contribution < 1.29 is 17.5 Å². The van der Waals surface area contributed by atoms with E-state index >= 15 is 0 Å². The first-order valence-corrected chi connectivity index (χ1v) is 8.39. The first kappa shape index (κ1) is 18.0. The van der Waals surface area contributed by atoms with Crippen molar-refractivity contribution in [1.82, 2.24) is 10.0 Å². The Morgan fingerprint density at radius 2 is 2.00 bits per heavy atom. The normalized spacial score (nSPS) is 11.8. The van der Waals surface area contributed by atoms with Crippen LogP contribution in [0.4, 0.5) is 4.39 Å². The average molecular weight is 318 g/mol. The monoisotopic (exact) mass is 318 g/mol. The molecular weight excluding hydrogens is 295 g/mol. The van der Waals surface area contributed by atoms with Crippen LogP contribution in [0, 0.1) is 12.7 Å². The van der Waals surface area contributed by atoms with Crippen molar-refractivity contribution in [1.29, 1.82) is 0 Å². The molecule has 7 heteroatoms. The molecule has 0 saturated heterocycles. The maximum Gasteiger partial charge on any atom is 0.240 e. The van der Waals surface area contributed by atoms with Gasteiger partial charge in [-0.25, -0.2) is 17.5 Å². The fourth-order valence-corrected chi connectivity index (χ4v) is 3.00. The van der Waals surface area contributed by atoms with Gasteiger partial charge in [0.25, 0.3) is 0 Å². The van der Waals surface area contributed by atoms with Gasteiger partial charge < -0.3 is 10.1 Å². The van der Waals surface area contributed by atoms with E-state index in [1.807, 2.05) is 6.92 Å². The summed E-state index contributed by atoms with van der Waals surface area (Å²) in [5.41, 5.74) is 0.675. The maximum absolute atomic E-state index is 14.0. The summed E-state index contributed by atoms with van der Waals surface area (Å²) in [6, 6.07) is 2.72. The highest BCUT2D eigenvalue weighted by molar-refractivity contribution is 7.89. The number of methoxy groups -OCH3 is 1.